The number of anilines is 2. The summed E-state index contributed by atoms with van der Waals surface area (Å²) in [6.07, 6.45) is 4.68. The number of benzene rings is 2. The van der Waals surface area contributed by atoms with Gasteiger partial charge in [0.25, 0.3) is 5.91 Å². The normalized spacial score (nSPS) is 10.7. The van der Waals surface area contributed by atoms with Gasteiger partial charge in [-0.1, -0.05) is 31.9 Å². The second-order valence-corrected chi connectivity index (χ2v) is 7.80. The number of hydrogen-bond donors (Lipinski definition) is 2. The maximum absolute atomic E-state index is 12.7. The van der Waals surface area contributed by atoms with Crippen LogP contribution in [-0.2, 0) is 17.8 Å². The second-order valence-electron chi connectivity index (χ2n) is 7.80. The number of aryl methyl sites for hydroxylation is 2. The van der Waals surface area contributed by atoms with E-state index >= 15 is 0 Å². The van der Waals surface area contributed by atoms with Crippen molar-refractivity contribution in [1.29, 1.82) is 0 Å². The van der Waals surface area contributed by atoms with Gasteiger partial charge in [-0.25, -0.2) is 4.98 Å². The van der Waals surface area contributed by atoms with E-state index in [9.17, 15) is 4.79 Å². The number of rotatable bonds is 10. The zero-order valence-corrected chi connectivity index (χ0v) is 19.0. The fourth-order valence-corrected chi connectivity index (χ4v) is 3.42. The summed E-state index contributed by atoms with van der Waals surface area (Å²) in [5.74, 6) is 1.38. The number of carbonyl (C=O) groups is 1. The van der Waals surface area contributed by atoms with Crippen LogP contribution in [0.15, 0.2) is 54.6 Å². The van der Waals surface area contributed by atoms with Crippen molar-refractivity contribution < 1.29 is 14.3 Å². The molecule has 1 amide bonds. The first-order valence-corrected chi connectivity index (χ1v) is 10.9. The molecule has 1 aromatic heterocycles. The lowest BCUT2D eigenvalue weighted by atomic mass is 10.1. The number of carbonyl (C=O) groups excluding carboxylic acids is 1. The number of ether oxygens (including phenoxy) is 2. The maximum atomic E-state index is 12.7. The van der Waals surface area contributed by atoms with E-state index < -0.39 is 0 Å². The number of nitrogens with two attached hydrogens (primary N) is 1. The zero-order valence-electron chi connectivity index (χ0n) is 19.0. The molecule has 1 heterocycles. The summed E-state index contributed by atoms with van der Waals surface area (Å²) in [6, 6.07) is 17.2. The third-order valence-electron chi connectivity index (χ3n) is 5.19. The molecular formula is C26H31N3O3. The van der Waals surface area contributed by atoms with Crippen molar-refractivity contribution in [2.75, 3.05) is 18.2 Å². The van der Waals surface area contributed by atoms with E-state index in [4.69, 9.17) is 15.2 Å². The van der Waals surface area contributed by atoms with Crippen LogP contribution in [0.3, 0.4) is 0 Å². The van der Waals surface area contributed by atoms with E-state index in [0.717, 1.165) is 23.4 Å². The predicted octanol–water partition coefficient (Wildman–Crippen LogP) is 5.90. The zero-order chi connectivity index (χ0) is 22.9. The van der Waals surface area contributed by atoms with Crippen molar-refractivity contribution in [2.24, 2.45) is 0 Å². The molecule has 3 rings (SSSR count). The molecule has 0 spiro atoms. The van der Waals surface area contributed by atoms with Crippen molar-refractivity contribution in [3.63, 3.8) is 0 Å². The maximum Gasteiger partial charge on any atom is 0.259 e. The summed E-state index contributed by atoms with van der Waals surface area (Å²) in [4.78, 5) is 17.0. The molecule has 0 saturated carbocycles. The van der Waals surface area contributed by atoms with Crippen LogP contribution < -0.4 is 15.8 Å². The Morgan fingerprint density at radius 3 is 2.56 bits per heavy atom. The number of unbranched alkanes of at least 4 members (excludes halogenated alkanes) is 2. The number of pyridine rings is 1. The third-order valence-corrected chi connectivity index (χ3v) is 5.19. The van der Waals surface area contributed by atoms with Crippen LogP contribution in [-0.4, -0.2) is 18.0 Å². The van der Waals surface area contributed by atoms with Gasteiger partial charge in [-0.15, -0.1) is 0 Å². The van der Waals surface area contributed by atoms with E-state index in [-0.39, 0.29) is 11.7 Å². The van der Waals surface area contributed by atoms with Crippen LogP contribution in [0.4, 0.5) is 11.5 Å². The molecular weight excluding hydrogens is 402 g/mol. The number of nitrogens with zero attached hydrogens (tertiary/aromatic N) is 1. The largest absolute Gasteiger partial charge is 0.457 e. The summed E-state index contributed by atoms with van der Waals surface area (Å²) in [5, 5.41) is 2.86. The fourth-order valence-electron chi connectivity index (χ4n) is 3.42. The Hall–Kier alpha value is -3.38. The van der Waals surface area contributed by atoms with Gasteiger partial charge in [0.15, 0.2) is 0 Å². The van der Waals surface area contributed by atoms with Gasteiger partial charge in [0, 0.05) is 12.8 Å². The molecule has 0 bridgehead atoms. The Balaban J connectivity index is 1.63. The van der Waals surface area contributed by atoms with Gasteiger partial charge in [0.2, 0.25) is 0 Å². The Bertz CT molecular complexity index is 1050. The van der Waals surface area contributed by atoms with Crippen LogP contribution in [0.5, 0.6) is 11.5 Å². The molecule has 3 N–H and O–H groups in total. The highest BCUT2D eigenvalue weighted by Gasteiger charge is 2.14. The van der Waals surface area contributed by atoms with E-state index in [0.29, 0.717) is 23.6 Å². The molecule has 0 saturated heterocycles. The summed E-state index contributed by atoms with van der Waals surface area (Å²) >= 11 is 0. The molecule has 0 radical (unpaired) electrons. The lowest BCUT2D eigenvalue weighted by molar-refractivity contribution is 0.102. The van der Waals surface area contributed by atoms with Crippen molar-refractivity contribution in [3.8, 4) is 11.5 Å². The van der Waals surface area contributed by atoms with Gasteiger partial charge >= 0.3 is 0 Å². The number of methoxy groups -OCH3 is 1. The highest BCUT2D eigenvalue weighted by Crippen LogP contribution is 2.25. The average molecular weight is 434 g/mol. The predicted molar refractivity (Wildman–Crippen MR) is 128 cm³/mol. The first-order valence-electron chi connectivity index (χ1n) is 10.9. The molecule has 32 heavy (non-hydrogen) atoms. The molecule has 3 aromatic rings. The first-order chi connectivity index (χ1) is 15.5. The summed E-state index contributed by atoms with van der Waals surface area (Å²) < 4.78 is 11.1. The minimum absolute atomic E-state index is 0.180. The number of nitrogen functional groups attached to an aromatic ring is 1. The van der Waals surface area contributed by atoms with Crippen LogP contribution in [0.1, 0.15) is 53.4 Å². The molecule has 0 aliphatic heterocycles. The SMILES string of the molecule is CCCCCc1cccc(Oc2ccc(NC(=O)c3cc(C)c(COC)nc3N)cc2)c1. The van der Waals surface area contributed by atoms with E-state index in [2.05, 4.69) is 29.4 Å². The van der Waals surface area contributed by atoms with Crippen molar-refractivity contribution in [3.05, 3.63) is 77.0 Å². The number of aromatic nitrogens is 1. The van der Waals surface area contributed by atoms with Crippen LogP contribution >= 0.6 is 0 Å². The van der Waals surface area contributed by atoms with Crippen LogP contribution in [0.2, 0.25) is 0 Å². The minimum Gasteiger partial charge on any atom is -0.457 e. The standard InChI is InChI=1S/C26H31N3O3/c1-4-5-6-8-19-9-7-10-22(16-19)32-21-13-11-20(12-14-21)28-26(30)23-15-18(2)24(17-31-3)29-25(23)27/h7,9-16H,4-6,8,17H2,1-3H3,(H2,27,29)(H,28,30). The van der Waals surface area contributed by atoms with Gasteiger partial charge < -0.3 is 20.5 Å². The number of amides is 1. The molecule has 0 unspecified atom stereocenters. The van der Waals surface area contributed by atoms with E-state index in [1.165, 1.54) is 24.8 Å². The monoisotopic (exact) mass is 433 g/mol. The topological polar surface area (TPSA) is 86.5 Å². The smallest absolute Gasteiger partial charge is 0.259 e. The van der Waals surface area contributed by atoms with E-state index in [1.807, 2.05) is 31.2 Å². The Morgan fingerprint density at radius 1 is 1.06 bits per heavy atom. The van der Waals surface area contributed by atoms with Crippen LogP contribution in [0.25, 0.3) is 0 Å². The highest BCUT2D eigenvalue weighted by atomic mass is 16.5. The van der Waals surface area contributed by atoms with E-state index in [1.54, 1.807) is 25.3 Å². The van der Waals surface area contributed by atoms with Gasteiger partial charge in [0.05, 0.1) is 17.9 Å². The first kappa shape index (κ1) is 23.3. The Labute approximate surface area is 189 Å². The molecule has 0 aliphatic carbocycles. The van der Waals surface area contributed by atoms with Crippen molar-refractivity contribution >= 4 is 17.4 Å². The van der Waals surface area contributed by atoms with Gasteiger partial charge in [-0.3, -0.25) is 4.79 Å². The fraction of sp³-hybridized carbons (Fsp3) is 0.308. The molecule has 0 aliphatic rings. The molecule has 0 atom stereocenters. The summed E-state index contributed by atoms with van der Waals surface area (Å²) in [5.41, 5.74) is 9.82. The third kappa shape index (κ3) is 6.31. The summed E-state index contributed by atoms with van der Waals surface area (Å²) in [7, 11) is 1.59. The number of nitrogens with one attached hydrogen (secondary N) is 1. The molecule has 6 nitrogen and oxygen atoms in total. The van der Waals surface area contributed by atoms with Crippen molar-refractivity contribution in [2.45, 2.75) is 46.1 Å². The molecule has 0 fully saturated rings. The molecule has 168 valence electrons. The quantitative estimate of drug-likeness (QED) is 0.389. The highest BCUT2D eigenvalue weighted by molar-refractivity contribution is 6.07. The van der Waals surface area contributed by atoms with Gasteiger partial charge in [0.1, 0.15) is 17.3 Å². The second kappa shape index (κ2) is 11.3. The van der Waals surface area contributed by atoms with Gasteiger partial charge in [-0.05, 0) is 73.4 Å². The lowest BCUT2D eigenvalue weighted by Crippen LogP contribution is -2.16. The molecule has 2 aromatic carbocycles. The Morgan fingerprint density at radius 2 is 1.84 bits per heavy atom. The van der Waals surface area contributed by atoms with Gasteiger partial charge in [-0.2, -0.15) is 0 Å². The average Bonchev–Trinajstić information content (AvgIpc) is 2.78. The number of hydrogen-bond acceptors (Lipinski definition) is 5. The summed E-state index contributed by atoms with van der Waals surface area (Å²) in [6.45, 7) is 4.43. The Kier molecular flexibility index (Phi) is 8.22. The minimum atomic E-state index is -0.310. The van der Waals surface area contributed by atoms with Crippen LogP contribution in [0, 0.1) is 6.92 Å². The molecule has 6 heteroatoms. The lowest BCUT2D eigenvalue weighted by Gasteiger charge is -2.12. The van der Waals surface area contributed by atoms with Crippen molar-refractivity contribution in [1.82, 2.24) is 4.98 Å².